The van der Waals surface area contributed by atoms with E-state index in [9.17, 15) is 49.4 Å². The molecule has 0 amide bonds. The first kappa shape index (κ1) is 45.0. The van der Waals surface area contributed by atoms with Crippen LogP contribution in [-0.2, 0) is 36.7 Å². The zero-order chi connectivity index (χ0) is 40.1. The summed E-state index contributed by atoms with van der Waals surface area (Å²) in [4.78, 5) is 15.5. The van der Waals surface area contributed by atoms with Crippen molar-refractivity contribution in [2.24, 2.45) is 17.3 Å². The minimum atomic E-state index is -6.76. The molecule has 0 aliphatic heterocycles. The van der Waals surface area contributed by atoms with Crippen LogP contribution in [0.4, 0.5) is 39.5 Å². The van der Waals surface area contributed by atoms with Crippen LogP contribution >= 0.6 is 0 Å². The Bertz CT molecular complexity index is 2080. The second kappa shape index (κ2) is 16.0. The van der Waals surface area contributed by atoms with Crippen LogP contribution in [0.5, 0.6) is 0 Å². The minimum Gasteiger partial charge on any atom is -0.512 e. The summed E-state index contributed by atoms with van der Waals surface area (Å²) in [5.74, 6) is 0.547. The Morgan fingerprint density at radius 3 is 1.80 bits per heavy atom. The molecule has 1 N–H and O–H groups in total. The molecule has 0 bridgehead atoms. The van der Waals surface area contributed by atoms with Gasteiger partial charge in [0.2, 0.25) is 0 Å². The molecule has 0 saturated heterocycles. The second-order valence-electron chi connectivity index (χ2n) is 14.8. The number of nitrogens with zero attached hydrogens (tertiary/aromatic N) is 2. The molecule has 4 nitrogen and oxygen atoms in total. The number of halogens is 9. The zero-order valence-electron chi connectivity index (χ0n) is 31.2. The number of carbonyl (C=O) groups excluding carboxylic acids is 1. The molecule has 0 saturated carbocycles. The first-order valence-corrected chi connectivity index (χ1v) is 17.5. The number of hydrogen-bond donors (Lipinski definition) is 1. The molecule has 0 unspecified atom stereocenters. The normalized spacial score (nSPS) is 13.7. The Morgan fingerprint density at radius 2 is 1.31 bits per heavy atom. The Morgan fingerprint density at radius 1 is 0.815 bits per heavy atom. The summed E-state index contributed by atoms with van der Waals surface area (Å²) in [6.45, 7) is 15.2. The molecule has 0 atom stereocenters. The smallest absolute Gasteiger partial charge is 0.416 e. The van der Waals surface area contributed by atoms with Crippen molar-refractivity contribution in [1.29, 1.82) is 0 Å². The zero-order valence-corrected chi connectivity index (χ0v) is 33.6. The van der Waals surface area contributed by atoms with Gasteiger partial charge in [0.05, 0.1) is 11.4 Å². The van der Waals surface area contributed by atoms with Gasteiger partial charge in [0.1, 0.15) is 0 Å². The predicted molar refractivity (Wildman–Crippen MR) is 189 cm³/mol. The first-order chi connectivity index (χ1) is 24.4. The fraction of sp³-hybridized carbons (Fsp3) is 0.500. The number of aliphatic hydroxyl groups is 1. The third-order valence-electron chi connectivity index (χ3n) is 9.97. The van der Waals surface area contributed by atoms with Crippen LogP contribution in [0.25, 0.3) is 38.1 Å². The number of hydrogen-bond acceptors (Lipinski definition) is 3. The van der Waals surface area contributed by atoms with Crippen LogP contribution in [0.1, 0.15) is 90.8 Å². The number of benzene rings is 2. The van der Waals surface area contributed by atoms with Crippen molar-refractivity contribution >= 4 is 43.9 Å². The Balaban J connectivity index is 0.000000418. The largest absolute Gasteiger partial charge is 0.512 e. The van der Waals surface area contributed by atoms with Crippen LogP contribution in [0.2, 0.25) is 0 Å². The van der Waals surface area contributed by atoms with E-state index in [0.717, 1.165) is 37.1 Å². The Kier molecular flexibility index (Phi) is 13.3. The summed E-state index contributed by atoms with van der Waals surface area (Å²) in [6, 6.07) is 7.68. The predicted octanol–water partition coefficient (Wildman–Crippen LogP) is 12.7. The molecule has 54 heavy (non-hydrogen) atoms. The number of para-hydroxylation sites is 1. The number of aryl methyl sites for hydroxylation is 1. The average molecular weight is 948 g/mol. The Labute approximate surface area is 321 Å². The molecule has 5 aromatic rings. The molecular weight excluding hydrogens is 904 g/mol. The molecule has 0 spiro atoms. The van der Waals surface area contributed by atoms with E-state index in [4.69, 9.17) is 0 Å². The fourth-order valence-corrected chi connectivity index (χ4v) is 7.28. The van der Waals surface area contributed by atoms with Gasteiger partial charge in [0, 0.05) is 49.8 Å². The summed E-state index contributed by atoms with van der Waals surface area (Å²) >= 11 is 0. The van der Waals surface area contributed by atoms with Crippen molar-refractivity contribution in [3.8, 4) is 0 Å². The topological polar surface area (TPSA) is 54.6 Å². The second-order valence-corrected chi connectivity index (χ2v) is 14.8. The van der Waals surface area contributed by atoms with Crippen molar-refractivity contribution in [1.82, 2.24) is 9.38 Å². The van der Waals surface area contributed by atoms with Crippen molar-refractivity contribution < 1.29 is 69.5 Å². The monoisotopic (exact) mass is 948 g/mol. The average Bonchev–Trinajstić information content (AvgIpc) is 3.36. The van der Waals surface area contributed by atoms with Gasteiger partial charge in [-0.3, -0.25) is 9.78 Å². The fourth-order valence-electron chi connectivity index (χ4n) is 7.28. The maximum Gasteiger partial charge on any atom is 0.416 e. The molecule has 3 heterocycles. The molecule has 0 aliphatic rings. The van der Waals surface area contributed by atoms with Crippen molar-refractivity contribution in [3.63, 3.8) is 0 Å². The number of ketones is 1. The van der Waals surface area contributed by atoms with Gasteiger partial charge in [-0.2, -0.15) is 39.5 Å². The third-order valence-corrected chi connectivity index (χ3v) is 9.97. The van der Waals surface area contributed by atoms with Crippen LogP contribution in [0.3, 0.4) is 0 Å². The van der Waals surface area contributed by atoms with Crippen molar-refractivity contribution in [3.05, 3.63) is 71.3 Å². The SMILES string of the molecule is CCC(CC)C(=O)/C=C(\O)C(CC)CC.Cc1[c-]n2c3ncc(C(C(F)(F)F)(C(F)(F)F)C(F)(F)F)c4cc(CC(C)(C)C)cc(c5cccc1c52)c43.[Ir]. The molecular formula is C40H44F9IrN2O2-. The van der Waals surface area contributed by atoms with E-state index in [2.05, 4.69) is 11.2 Å². The molecule has 5 rings (SSSR count). The molecule has 2 aromatic carbocycles. The number of pyridine rings is 2. The molecule has 0 fully saturated rings. The van der Waals surface area contributed by atoms with Gasteiger partial charge in [-0.1, -0.05) is 91.4 Å². The molecule has 3 aromatic heterocycles. The van der Waals surface area contributed by atoms with E-state index in [1.807, 2.05) is 27.7 Å². The van der Waals surface area contributed by atoms with Gasteiger partial charge in [0.15, 0.2) is 5.78 Å². The number of allylic oxidation sites excluding steroid dienone is 2. The third kappa shape index (κ3) is 7.97. The van der Waals surface area contributed by atoms with E-state index in [1.165, 1.54) is 10.5 Å². The number of carbonyl (C=O) groups is 1. The summed E-state index contributed by atoms with van der Waals surface area (Å²) in [6.07, 6.45) is -12.1. The van der Waals surface area contributed by atoms with E-state index in [0.29, 0.717) is 22.0 Å². The van der Waals surface area contributed by atoms with Gasteiger partial charge in [0.25, 0.3) is 5.41 Å². The van der Waals surface area contributed by atoms with Gasteiger partial charge in [-0.15, -0.1) is 17.0 Å². The van der Waals surface area contributed by atoms with E-state index < -0.39 is 40.3 Å². The van der Waals surface area contributed by atoms with E-state index >= 15 is 0 Å². The molecule has 299 valence electrons. The maximum atomic E-state index is 14.2. The number of aromatic nitrogens is 2. The standard InChI is InChI=1S/C27H20F9N2.C13H24O2.Ir/c1-13-12-38-21-15(13)6-5-7-16(21)17-8-14(10-23(2,3)4)9-18-19(11-37-22(38)20(17)18)24(25(28,29)30,26(31,32)33)27(34,35)36;1-5-10(6-2)12(14)9-13(15)11(7-3)8-4;/h5-9,11H,10H2,1-4H3;9-11,14H,5-8H2,1-4H3;/q-1;;/b;12-9-;. The van der Waals surface area contributed by atoms with Gasteiger partial charge in [-0.05, 0) is 64.6 Å². The summed E-state index contributed by atoms with van der Waals surface area (Å²) in [7, 11) is 0. The summed E-state index contributed by atoms with van der Waals surface area (Å²) in [5.41, 5.74) is -7.20. The van der Waals surface area contributed by atoms with Crippen LogP contribution in [-0.4, -0.2) is 38.8 Å². The number of fused-ring (bicyclic) bond motifs is 2. The summed E-state index contributed by atoms with van der Waals surface area (Å²) in [5, 5.41) is 10.1. The van der Waals surface area contributed by atoms with Crippen molar-refractivity contribution in [2.75, 3.05) is 0 Å². The van der Waals surface area contributed by atoms with Crippen LogP contribution < -0.4 is 0 Å². The van der Waals surface area contributed by atoms with Crippen LogP contribution in [0.15, 0.2) is 48.4 Å². The maximum absolute atomic E-state index is 14.2. The minimum absolute atomic E-state index is 0. The number of rotatable bonds is 9. The number of alkyl halides is 9. The van der Waals surface area contributed by atoms with E-state index in [1.54, 1.807) is 52.0 Å². The molecule has 1 radical (unpaired) electrons. The van der Waals surface area contributed by atoms with E-state index in [-0.39, 0.29) is 72.5 Å². The van der Waals surface area contributed by atoms with Gasteiger partial charge < -0.3 is 9.51 Å². The first-order valence-electron chi connectivity index (χ1n) is 17.5. The van der Waals surface area contributed by atoms with Crippen LogP contribution in [0, 0.1) is 30.4 Å². The Hall–Kier alpha value is -3.38. The molecule has 0 aliphatic carbocycles. The quantitative estimate of drug-likeness (QED) is 0.0400. The van der Waals surface area contributed by atoms with Crippen molar-refractivity contribution in [2.45, 2.75) is 111 Å². The van der Waals surface area contributed by atoms with Gasteiger partial charge >= 0.3 is 18.5 Å². The number of aliphatic hydroxyl groups excluding tert-OH is 1. The summed E-state index contributed by atoms with van der Waals surface area (Å²) < 4.78 is 129. The van der Waals surface area contributed by atoms with Gasteiger partial charge in [-0.25, -0.2) is 0 Å². The molecule has 14 heteroatoms.